The van der Waals surface area contributed by atoms with Gasteiger partial charge in [0.2, 0.25) is 5.88 Å². The SMILES string of the molecule is COc1ccc(CN)c(-c2ccc(OCc3ccccc3)nc2)c1.Cl. The molecular weight excluding hydrogens is 336 g/mol. The van der Waals surface area contributed by atoms with Crippen molar-refractivity contribution in [1.29, 1.82) is 0 Å². The van der Waals surface area contributed by atoms with Crippen LogP contribution in [0.15, 0.2) is 66.9 Å². The molecule has 0 fully saturated rings. The number of hydrogen-bond acceptors (Lipinski definition) is 4. The fourth-order valence-corrected chi connectivity index (χ4v) is 2.49. The minimum Gasteiger partial charge on any atom is -0.497 e. The number of rotatable bonds is 6. The van der Waals surface area contributed by atoms with E-state index in [0.717, 1.165) is 28.0 Å². The molecule has 1 heterocycles. The van der Waals surface area contributed by atoms with Gasteiger partial charge in [0, 0.05) is 24.4 Å². The number of methoxy groups -OCH3 is 1. The van der Waals surface area contributed by atoms with Crippen molar-refractivity contribution >= 4 is 12.4 Å². The van der Waals surface area contributed by atoms with Crippen molar-refractivity contribution in [3.8, 4) is 22.8 Å². The van der Waals surface area contributed by atoms with Gasteiger partial charge < -0.3 is 15.2 Å². The quantitative estimate of drug-likeness (QED) is 0.718. The van der Waals surface area contributed by atoms with Gasteiger partial charge in [-0.25, -0.2) is 4.98 Å². The summed E-state index contributed by atoms with van der Waals surface area (Å²) in [5, 5.41) is 0. The van der Waals surface area contributed by atoms with Crippen LogP contribution in [0.4, 0.5) is 0 Å². The molecule has 0 saturated carbocycles. The Morgan fingerprint density at radius 1 is 1.00 bits per heavy atom. The molecule has 1 aromatic heterocycles. The standard InChI is InChI=1S/C20H20N2O2.ClH/c1-23-18-9-7-16(12-21)19(11-18)17-8-10-20(22-13-17)24-14-15-5-3-2-4-6-15;/h2-11,13H,12,14,21H2,1H3;1H. The summed E-state index contributed by atoms with van der Waals surface area (Å²) >= 11 is 0. The third kappa shape index (κ3) is 4.72. The first kappa shape index (κ1) is 18.8. The smallest absolute Gasteiger partial charge is 0.213 e. The van der Waals surface area contributed by atoms with Crippen LogP contribution in [0.1, 0.15) is 11.1 Å². The van der Waals surface area contributed by atoms with Crippen molar-refractivity contribution in [3.63, 3.8) is 0 Å². The number of benzene rings is 2. The summed E-state index contributed by atoms with van der Waals surface area (Å²) < 4.78 is 11.0. The van der Waals surface area contributed by atoms with E-state index in [1.54, 1.807) is 13.3 Å². The third-order valence-corrected chi connectivity index (χ3v) is 3.81. The fraction of sp³-hybridized carbons (Fsp3) is 0.150. The van der Waals surface area contributed by atoms with Crippen LogP contribution < -0.4 is 15.2 Å². The Balaban J connectivity index is 0.00000225. The molecule has 0 aliphatic rings. The molecule has 3 rings (SSSR count). The van der Waals surface area contributed by atoms with E-state index in [1.165, 1.54) is 0 Å². The Hall–Kier alpha value is -2.56. The van der Waals surface area contributed by atoms with E-state index in [-0.39, 0.29) is 12.4 Å². The lowest BCUT2D eigenvalue weighted by Gasteiger charge is -2.11. The van der Waals surface area contributed by atoms with Gasteiger partial charge in [0.15, 0.2) is 0 Å². The van der Waals surface area contributed by atoms with Crippen LogP contribution in [0.3, 0.4) is 0 Å². The number of pyridine rings is 1. The summed E-state index contributed by atoms with van der Waals surface area (Å²) in [6.45, 7) is 0.964. The van der Waals surface area contributed by atoms with Crippen LogP contribution in [0, 0.1) is 0 Å². The van der Waals surface area contributed by atoms with Crippen molar-refractivity contribution < 1.29 is 9.47 Å². The van der Waals surface area contributed by atoms with E-state index in [2.05, 4.69) is 4.98 Å². The largest absolute Gasteiger partial charge is 0.497 e. The molecule has 0 atom stereocenters. The maximum absolute atomic E-state index is 5.84. The van der Waals surface area contributed by atoms with Crippen LogP contribution in [-0.2, 0) is 13.2 Å². The molecule has 2 aromatic carbocycles. The Morgan fingerprint density at radius 3 is 2.44 bits per heavy atom. The predicted molar refractivity (Wildman–Crippen MR) is 102 cm³/mol. The second-order valence-electron chi connectivity index (χ2n) is 5.39. The van der Waals surface area contributed by atoms with Crippen LogP contribution in [0.5, 0.6) is 11.6 Å². The van der Waals surface area contributed by atoms with E-state index in [4.69, 9.17) is 15.2 Å². The molecule has 2 N–H and O–H groups in total. The van der Waals surface area contributed by atoms with Crippen molar-refractivity contribution in [1.82, 2.24) is 4.98 Å². The van der Waals surface area contributed by atoms with Gasteiger partial charge in [-0.15, -0.1) is 12.4 Å². The molecule has 25 heavy (non-hydrogen) atoms. The maximum Gasteiger partial charge on any atom is 0.213 e. The van der Waals surface area contributed by atoms with Gasteiger partial charge in [0.25, 0.3) is 0 Å². The first-order valence-electron chi connectivity index (χ1n) is 7.80. The molecule has 0 amide bonds. The Bertz CT molecular complexity index is 793. The first-order chi connectivity index (χ1) is 11.8. The summed E-state index contributed by atoms with van der Waals surface area (Å²) in [7, 11) is 1.65. The Kier molecular flexibility index (Phi) is 6.81. The zero-order chi connectivity index (χ0) is 16.8. The highest BCUT2D eigenvalue weighted by Gasteiger charge is 2.07. The number of aromatic nitrogens is 1. The van der Waals surface area contributed by atoms with Gasteiger partial charge in [-0.1, -0.05) is 36.4 Å². The lowest BCUT2D eigenvalue weighted by atomic mass is 10.0. The van der Waals surface area contributed by atoms with Crippen molar-refractivity contribution in [2.45, 2.75) is 13.2 Å². The summed E-state index contributed by atoms with van der Waals surface area (Å²) in [6.07, 6.45) is 1.80. The highest BCUT2D eigenvalue weighted by atomic mass is 35.5. The number of ether oxygens (including phenoxy) is 2. The molecule has 0 saturated heterocycles. The normalized spacial score (nSPS) is 10.0. The third-order valence-electron chi connectivity index (χ3n) is 3.81. The molecule has 0 aliphatic heterocycles. The first-order valence-corrected chi connectivity index (χ1v) is 7.80. The molecule has 0 bridgehead atoms. The maximum atomic E-state index is 5.84. The molecule has 130 valence electrons. The minimum absolute atomic E-state index is 0. The number of halogens is 1. The number of nitrogens with zero attached hydrogens (tertiary/aromatic N) is 1. The molecular formula is C20H21ClN2O2. The van der Waals surface area contributed by atoms with E-state index in [1.807, 2.05) is 60.7 Å². The van der Waals surface area contributed by atoms with Gasteiger partial charge in [0.1, 0.15) is 12.4 Å². The van der Waals surface area contributed by atoms with Gasteiger partial charge in [-0.3, -0.25) is 0 Å². The molecule has 3 aromatic rings. The zero-order valence-corrected chi connectivity index (χ0v) is 14.8. The molecule has 0 unspecified atom stereocenters. The summed E-state index contributed by atoms with van der Waals surface area (Å²) in [6, 6.07) is 19.8. The summed E-state index contributed by atoms with van der Waals surface area (Å²) in [5.41, 5.74) is 10.0. The van der Waals surface area contributed by atoms with Gasteiger partial charge in [0.05, 0.1) is 7.11 Å². The Morgan fingerprint density at radius 2 is 1.80 bits per heavy atom. The topological polar surface area (TPSA) is 57.4 Å². The lowest BCUT2D eigenvalue weighted by molar-refractivity contribution is 0.294. The molecule has 0 aliphatic carbocycles. The average molecular weight is 357 g/mol. The van der Waals surface area contributed by atoms with Crippen molar-refractivity contribution in [2.75, 3.05) is 7.11 Å². The van der Waals surface area contributed by atoms with Crippen LogP contribution in [0.2, 0.25) is 0 Å². The highest BCUT2D eigenvalue weighted by Crippen LogP contribution is 2.28. The van der Waals surface area contributed by atoms with Gasteiger partial charge in [-0.2, -0.15) is 0 Å². The van der Waals surface area contributed by atoms with E-state index < -0.39 is 0 Å². The number of nitrogens with two attached hydrogens (primary N) is 1. The number of hydrogen-bond donors (Lipinski definition) is 1. The average Bonchev–Trinajstić information content (AvgIpc) is 2.67. The summed E-state index contributed by atoms with van der Waals surface area (Å²) in [5.74, 6) is 1.39. The second kappa shape index (κ2) is 9.06. The molecule has 0 radical (unpaired) electrons. The van der Waals surface area contributed by atoms with Crippen LogP contribution >= 0.6 is 12.4 Å². The van der Waals surface area contributed by atoms with E-state index in [9.17, 15) is 0 Å². The predicted octanol–water partition coefficient (Wildman–Crippen LogP) is 4.22. The minimum atomic E-state index is 0. The molecule has 5 heteroatoms. The van der Waals surface area contributed by atoms with E-state index >= 15 is 0 Å². The van der Waals surface area contributed by atoms with Crippen molar-refractivity contribution in [3.05, 3.63) is 78.0 Å². The van der Waals surface area contributed by atoms with Crippen LogP contribution in [-0.4, -0.2) is 12.1 Å². The summed E-state index contributed by atoms with van der Waals surface area (Å²) in [4.78, 5) is 4.40. The second-order valence-corrected chi connectivity index (χ2v) is 5.39. The highest BCUT2D eigenvalue weighted by molar-refractivity contribution is 5.85. The van der Waals surface area contributed by atoms with Gasteiger partial charge in [-0.05, 0) is 34.9 Å². The lowest BCUT2D eigenvalue weighted by Crippen LogP contribution is -2.00. The monoisotopic (exact) mass is 356 g/mol. The Labute approximate surface area is 154 Å². The fourth-order valence-electron chi connectivity index (χ4n) is 2.49. The van der Waals surface area contributed by atoms with Crippen LogP contribution in [0.25, 0.3) is 11.1 Å². The zero-order valence-electron chi connectivity index (χ0n) is 14.0. The molecule has 4 nitrogen and oxygen atoms in total. The molecule has 0 spiro atoms. The van der Waals surface area contributed by atoms with E-state index in [0.29, 0.717) is 19.0 Å². The van der Waals surface area contributed by atoms with Gasteiger partial charge >= 0.3 is 0 Å². The van der Waals surface area contributed by atoms with Crippen molar-refractivity contribution in [2.24, 2.45) is 5.73 Å².